The molecule has 0 aliphatic carbocycles. The van der Waals surface area contributed by atoms with E-state index in [-0.39, 0.29) is 5.82 Å². The molecule has 0 aromatic heterocycles. The highest BCUT2D eigenvalue weighted by Crippen LogP contribution is 2.29. The van der Waals surface area contributed by atoms with Crippen LogP contribution >= 0.6 is 0 Å². The van der Waals surface area contributed by atoms with Crippen molar-refractivity contribution < 1.29 is 9.13 Å². The van der Waals surface area contributed by atoms with Gasteiger partial charge in [0.15, 0.2) is 0 Å². The molecule has 0 saturated heterocycles. The molecule has 0 radical (unpaired) electrons. The van der Waals surface area contributed by atoms with E-state index in [1.165, 1.54) is 6.07 Å². The van der Waals surface area contributed by atoms with Gasteiger partial charge in [-0.05, 0) is 31.2 Å². The number of fused-ring (bicyclic) bond motifs is 1. The molecule has 0 bridgehead atoms. The SMILES string of the molecule is NCCc1c(F)cccc1N1CCOc2ccccc2C1. The summed E-state index contributed by atoms with van der Waals surface area (Å²) in [7, 11) is 0. The first-order valence-electron chi connectivity index (χ1n) is 7.22. The maximum atomic E-state index is 14.1. The lowest BCUT2D eigenvalue weighted by molar-refractivity contribution is 0.331. The van der Waals surface area contributed by atoms with Crippen LogP contribution in [0.15, 0.2) is 42.5 Å². The third-order valence-corrected chi connectivity index (χ3v) is 3.78. The number of anilines is 1. The summed E-state index contributed by atoms with van der Waals surface area (Å²) in [6, 6.07) is 13.2. The summed E-state index contributed by atoms with van der Waals surface area (Å²) in [6.45, 7) is 2.48. The molecule has 0 amide bonds. The second-order valence-corrected chi connectivity index (χ2v) is 5.15. The van der Waals surface area contributed by atoms with E-state index < -0.39 is 0 Å². The highest BCUT2D eigenvalue weighted by molar-refractivity contribution is 5.56. The van der Waals surface area contributed by atoms with Crippen molar-refractivity contribution in [1.29, 1.82) is 0 Å². The van der Waals surface area contributed by atoms with Crippen LogP contribution in [-0.4, -0.2) is 19.7 Å². The zero-order valence-electron chi connectivity index (χ0n) is 11.9. The average Bonchev–Trinajstić information content (AvgIpc) is 2.71. The highest BCUT2D eigenvalue weighted by Gasteiger charge is 2.19. The number of rotatable bonds is 3. The van der Waals surface area contributed by atoms with E-state index in [0.29, 0.717) is 25.1 Å². The number of nitrogens with two attached hydrogens (primary N) is 1. The van der Waals surface area contributed by atoms with Gasteiger partial charge in [-0.1, -0.05) is 24.3 Å². The predicted molar refractivity (Wildman–Crippen MR) is 82.1 cm³/mol. The van der Waals surface area contributed by atoms with E-state index in [1.54, 1.807) is 6.07 Å². The van der Waals surface area contributed by atoms with Crippen molar-refractivity contribution in [2.75, 3.05) is 24.6 Å². The lowest BCUT2D eigenvalue weighted by Gasteiger charge is -2.25. The molecule has 21 heavy (non-hydrogen) atoms. The van der Waals surface area contributed by atoms with Gasteiger partial charge in [0.2, 0.25) is 0 Å². The fourth-order valence-corrected chi connectivity index (χ4v) is 2.77. The number of hydrogen-bond donors (Lipinski definition) is 1. The molecule has 4 heteroatoms. The summed E-state index contributed by atoms with van der Waals surface area (Å²) in [4.78, 5) is 2.17. The number of halogens is 1. The molecule has 2 aromatic rings. The summed E-state index contributed by atoms with van der Waals surface area (Å²) >= 11 is 0. The van der Waals surface area contributed by atoms with Gasteiger partial charge in [-0.2, -0.15) is 0 Å². The largest absolute Gasteiger partial charge is 0.491 e. The van der Waals surface area contributed by atoms with Gasteiger partial charge in [0.25, 0.3) is 0 Å². The Balaban J connectivity index is 1.96. The van der Waals surface area contributed by atoms with Crippen LogP contribution in [0.4, 0.5) is 10.1 Å². The van der Waals surface area contributed by atoms with Gasteiger partial charge >= 0.3 is 0 Å². The zero-order valence-corrected chi connectivity index (χ0v) is 11.9. The van der Waals surface area contributed by atoms with Crippen molar-refractivity contribution in [3.8, 4) is 5.75 Å². The third kappa shape index (κ3) is 2.85. The van der Waals surface area contributed by atoms with E-state index in [4.69, 9.17) is 10.5 Å². The number of hydrogen-bond acceptors (Lipinski definition) is 3. The van der Waals surface area contributed by atoms with Gasteiger partial charge in [-0.25, -0.2) is 4.39 Å². The Kier molecular flexibility index (Phi) is 4.06. The van der Waals surface area contributed by atoms with Gasteiger partial charge in [0.1, 0.15) is 18.2 Å². The van der Waals surface area contributed by atoms with Crippen LogP contribution in [-0.2, 0) is 13.0 Å². The van der Waals surface area contributed by atoms with Crippen LogP contribution < -0.4 is 15.4 Å². The van der Waals surface area contributed by atoms with Crippen molar-refractivity contribution in [2.45, 2.75) is 13.0 Å². The maximum absolute atomic E-state index is 14.1. The Bertz CT molecular complexity index is 630. The first-order chi connectivity index (χ1) is 10.3. The van der Waals surface area contributed by atoms with Crippen LogP contribution in [0.5, 0.6) is 5.75 Å². The molecule has 0 atom stereocenters. The maximum Gasteiger partial charge on any atom is 0.128 e. The fourth-order valence-electron chi connectivity index (χ4n) is 2.77. The van der Waals surface area contributed by atoms with Gasteiger partial charge in [0, 0.05) is 23.4 Å². The minimum absolute atomic E-state index is 0.184. The zero-order chi connectivity index (χ0) is 14.7. The van der Waals surface area contributed by atoms with E-state index in [0.717, 1.165) is 30.1 Å². The Morgan fingerprint density at radius 3 is 2.86 bits per heavy atom. The lowest BCUT2D eigenvalue weighted by atomic mass is 10.1. The molecule has 3 rings (SSSR count). The Morgan fingerprint density at radius 2 is 2.00 bits per heavy atom. The number of nitrogens with zero attached hydrogens (tertiary/aromatic N) is 1. The molecule has 0 fully saturated rings. The second kappa shape index (κ2) is 6.14. The van der Waals surface area contributed by atoms with Crippen LogP contribution in [0, 0.1) is 5.82 Å². The summed E-state index contributed by atoms with van der Waals surface area (Å²) in [5.74, 6) is 0.730. The minimum Gasteiger partial charge on any atom is -0.491 e. The van der Waals surface area contributed by atoms with Gasteiger partial charge < -0.3 is 15.4 Å². The van der Waals surface area contributed by atoms with E-state index in [2.05, 4.69) is 11.0 Å². The topological polar surface area (TPSA) is 38.5 Å². The number of para-hydroxylation sites is 1. The Hall–Kier alpha value is -2.07. The molecule has 2 N–H and O–H groups in total. The first-order valence-corrected chi connectivity index (χ1v) is 7.22. The minimum atomic E-state index is -0.184. The van der Waals surface area contributed by atoms with Crippen molar-refractivity contribution >= 4 is 5.69 Å². The Labute approximate surface area is 124 Å². The number of benzene rings is 2. The average molecular weight is 286 g/mol. The van der Waals surface area contributed by atoms with Gasteiger partial charge in [-0.15, -0.1) is 0 Å². The van der Waals surface area contributed by atoms with Crippen molar-refractivity contribution in [3.05, 3.63) is 59.4 Å². The molecule has 3 nitrogen and oxygen atoms in total. The molecule has 2 aromatic carbocycles. The van der Waals surface area contributed by atoms with Crippen LogP contribution in [0.1, 0.15) is 11.1 Å². The molecule has 1 heterocycles. The number of ether oxygens (including phenoxy) is 1. The van der Waals surface area contributed by atoms with Crippen molar-refractivity contribution in [3.63, 3.8) is 0 Å². The van der Waals surface area contributed by atoms with E-state index in [9.17, 15) is 4.39 Å². The van der Waals surface area contributed by atoms with Gasteiger partial charge in [0.05, 0.1) is 6.54 Å². The Morgan fingerprint density at radius 1 is 1.14 bits per heavy atom. The normalized spacial score (nSPS) is 14.3. The summed E-state index contributed by atoms with van der Waals surface area (Å²) < 4.78 is 19.8. The van der Waals surface area contributed by atoms with E-state index >= 15 is 0 Å². The molecule has 0 spiro atoms. The quantitative estimate of drug-likeness (QED) is 0.943. The second-order valence-electron chi connectivity index (χ2n) is 5.15. The van der Waals surface area contributed by atoms with Crippen LogP contribution in [0.3, 0.4) is 0 Å². The van der Waals surface area contributed by atoms with Crippen LogP contribution in [0.2, 0.25) is 0 Å². The molecule has 1 aliphatic rings. The molecule has 0 saturated carbocycles. The van der Waals surface area contributed by atoms with Crippen molar-refractivity contribution in [2.24, 2.45) is 5.73 Å². The predicted octanol–water partition coefficient (Wildman–Crippen LogP) is 2.73. The third-order valence-electron chi connectivity index (χ3n) is 3.78. The van der Waals surface area contributed by atoms with E-state index in [1.807, 2.05) is 24.3 Å². The lowest BCUT2D eigenvalue weighted by Crippen LogP contribution is -2.27. The molecular formula is C17H19FN2O. The summed E-state index contributed by atoms with van der Waals surface area (Å²) in [6.07, 6.45) is 0.543. The highest BCUT2D eigenvalue weighted by atomic mass is 19.1. The van der Waals surface area contributed by atoms with Gasteiger partial charge in [-0.3, -0.25) is 0 Å². The fraction of sp³-hybridized carbons (Fsp3) is 0.294. The molecule has 110 valence electrons. The molecular weight excluding hydrogens is 267 g/mol. The first kappa shape index (κ1) is 13.9. The monoisotopic (exact) mass is 286 g/mol. The summed E-state index contributed by atoms with van der Waals surface area (Å²) in [5, 5.41) is 0. The molecule has 0 unspecified atom stereocenters. The van der Waals surface area contributed by atoms with Crippen LogP contribution in [0.25, 0.3) is 0 Å². The van der Waals surface area contributed by atoms with Crippen molar-refractivity contribution in [1.82, 2.24) is 0 Å². The summed E-state index contributed by atoms with van der Waals surface area (Å²) in [5.41, 5.74) is 8.36. The molecule has 1 aliphatic heterocycles. The smallest absolute Gasteiger partial charge is 0.128 e. The standard InChI is InChI=1S/C17H19FN2O/c18-15-5-3-6-16(14(15)8-9-19)20-10-11-21-17-7-2-1-4-13(17)12-20/h1-7H,8-12,19H2.